The Morgan fingerprint density at radius 1 is 1.47 bits per heavy atom. The zero-order valence-corrected chi connectivity index (χ0v) is 9.07. The smallest absolute Gasteiger partial charge is 0.117 e. The molecule has 5 heteroatoms. The van der Waals surface area contributed by atoms with Crippen LogP contribution in [0.15, 0.2) is 24.3 Å². The molecule has 2 rings (SSSR count). The summed E-state index contributed by atoms with van der Waals surface area (Å²) in [7, 11) is 1.82. The predicted molar refractivity (Wildman–Crippen MR) is 59.3 cm³/mol. The van der Waals surface area contributed by atoms with Crippen LogP contribution >= 0.6 is 11.6 Å². The summed E-state index contributed by atoms with van der Waals surface area (Å²) in [6.07, 6.45) is 0. The van der Waals surface area contributed by atoms with Gasteiger partial charge in [0.1, 0.15) is 5.69 Å². The van der Waals surface area contributed by atoms with Gasteiger partial charge in [0.05, 0.1) is 5.69 Å². The van der Waals surface area contributed by atoms with Crippen molar-refractivity contribution in [2.45, 2.75) is 6.54 Å². The SMILES string of the molecule is Cn1nnc(-c2cccc(Cl)c2)c1CN. The number of nitrogens with zero attached hydrogens (tertiary/aromatic N) is 3. The maximum absolute atomic E-state index is 5.91. The Hall–Kier alpha value is -1.39. The van der Waals surface area contributed by atoms with Crippen LogP contribution in [0.4, 0.5) is 0 Å². The van der Waals surface area contributed by atoms with Crippen LogP contribution < -0.4 is 5.73 Å². The summed E-state index contributed by atoms with van der Waals surface area (Å²) in [4.78, 5) is 0. The Labute approximate surface area is 92.7 Å². The first-order valence-electron chi connectivity index (χ1n) is 4.57. The number of aromatic nitrogens is 3. The van der Waals surface area contributed by atoms with E-state index in [1.165, 1.54) is 0 Å². The molecule has 0 bridgehead atoms. The van der Waals surface area contributed by atoms with Crippen LogP contribution in [0.3, 0.4) is 0 Å². The third-order valence-corrected chi connectivity index (χ3v) is 2.47. The Kier molecular flexibility index (Phi) is 2.70. The lowest BCUT2D eigenvalue weighted by atomic mass is 10.1. The first-order chi connectivity index (χ1) is 7.22. The van der Waals surface area contributed by atoms with Gasteiger partial charge in [-0.15, -0.1) is 5.10 Å². The molecule has 2 aromatic rings. The summed E-state index contributed by atoms with van der Waals surface area (Å²) in [5.41, 5.74) is 8.27. The molecule has 0 atom stereocenters. The van der Waals surface area contributed by atoms with Gasteiger partial charge in [-0.2, -0.15) is 0 Å². The highest BCUT2D eigenvalue weighted by molar-refractivity contribution is 6.30. The van der Waals surface area contributed by atoms with Crippen molar-refractivity contribution in [3.05, 3.63) is 35.0 Å². The van der Waals surface area contributed by atoms with Crippen molar-refractivity contribution in [3.8, 4) is 11.3 Å². The number of aryl methyl sites for hydroxylation is 1. The normalized spacial score (nSPS) is 10.6. The van der Waals surface area contributed by atoms with E-state index in [1.807, 2.05) is 31.3 Å². The lowest BCUT2D eigenvalue weighted by Gasteiger charge is -2.01. The fourth-order valence-corrected chi connectivity index (χ4v) is 1.66. The van der Waals surface area contributed by atoms with Crippen LogP contribution in [0.5, 0.6) is 0 Å². The molecular formula is C10H11ClN4. The van der Waals surface area contributed by atoms with E-state index in [-0.39, 0.29) is 0 Å². The summed E-state index contributed by atoms with van der Waals surface area (Å²) in [5, 5.41) is 8.69. The molecule has 0 radical (unpaired) electrons. The maximum atomic E-state index is 5.91. The van der Waals surface area contributed by atoms with Gasteiger partial charge in [-0.3, -0.25) is 4.68 Å². The molecule has 15 heavy (non-hydrogen) atoms. The second-order valence-electron chi connectivity index (χ2n) is 3.22. The van der Waals surface area contributed by atoms with Crippen molar-refractivity contribution in [3.63, 3.8) is 0 Å². The van der Waals surface area contributed by atoms with Gasteiger partial charge in [0.2, 0.25) is 0 Å². The van der Waals surface area contributed by atoms with Crippen LogP contribution in [0.25, 0.3) is 11.3 Å². The number of hydrogen-bond donors (Lipinski definition) is 1. The molecule has 0 saturated carbocycles. The van der Waals surface area contributed by atoms with E-state index in [0.29, 0.717) is 11.6 Å². The Bertz CT molecular complexity index is 478. The standard InChI is InChI=1S/C10H11ClN4/c1-15-9(6-12)10(13-14-15)7-3-2-4-8(11)5-7/h2-5H,6,12H2,1H3. The quantitative estimate of drug-likeness (QED) is 0.840. The van der Waals surface area contributed by atoms with E-state index < -0.39 is 0 Å². The van der Waals surface area contributed by atoms with Crippen LogP contribution in [-0.4, -0.2) is 15.0 Å². The Balaban J connectivity index is 2.54. The average Bonchev–Trinajstić information content (AvgIpc) is 2.59. The minimum absolute atomic E-state index is 0.408. The number of halogens is 1. The van der Waals surface area contributed by atoms with Gasteiger partial charge in [-0.25, -0.2) is 0 Å². The lowest BCUT2D eigenvalue weighted by Crippen LogP contribution is -2.05. The van der Waals surface area contributed by atoms with Gasteiger partial charge in [0.25, 0.3) is 0 Å². The number of rotatable bonds is 2. The zero-order valence-electron chi connectivity index (χ0n) is 8.31. The van der Waals surface area contributed by atoms with Crippen molar-refractivity contribution in [2.75, 3.05) is 0 Å². The average molecular weight is 223 g/mol. The van der Waals surface area contributed by atoms with Gasteiger partial charge < -0.3 is 5.73 Å². The van der Waals surface area contributed by atoms with Gasteiger partial charge in [-0.05, 0) is 12.1 Å². The third-order valence-electron chi connectivity index (χ3n) is 2.23. The summed E-state index contributed by atoms with van der Waals surface area (Å²) in [6, 6.07) is 7.50. The van der Waals surface area contributed by atoms with E-state index in [9.17, 15) is 0 Å². The van der Waals surface area contributed by atoms with Crippen molar-refractivity contribution in [2.24, 2.45) is 12.8 Å². The molecule has 1 aromatic heterocycles. The lowest BCUT2D eigenvalue weighted by molar-refractivity contribution is 0.678. The van der Waals surface area contributed by atoms with E-state index >= 15 is 0 Å². The fourth-order valence-electron chi connectivity index (χ4n) is 1.47. The fraction of sp³-hybridized carbons (Fsp3) is 0.200. The molecule has 0 fully saturated rings. The first kappa shape index (κ1) is 10.1. The largest absolute Gasteiger partial charge is 0.325 e. The maximum Gasteiger partial charge on any atom is 0.117 e. The minimum atomic E-state index is 0.408. The van der Waals surface area contributed by atoms with Crippen LogP contribution in [0.1, 0.15) is 5.69 Å². The van der Waals surface area contributed by atoms with E-state index in [2.05, 4.69) is 10.3 Å². The van der Waals surface area contributed by atoms with Crippen LogP contribution in [-0.2, 0) is 13.6 Å². The second-order valence-corrected chi connectivity index (χ2v) is 3.66. The van der Waals surface area contributed by atoms with Gasteiger partial charge in [0.15, 0.2) is 0 Å². The van der Waals surface area contributed by atoms with Crippen molar-refractivity contribution >= 4 is 11.6 Å². The molecule has 1 aromatic carbocycles. The second kappa shape index (κ2) is 4.00. The molecule has 0 aliphatic heterocycles. The Morgan fingerprint density at radius 3 is 2.93 bits per heavy atom. The number of benzene rings is 1. The summed E-state index contributed by atoms with van der Waals surface area (Å²) in [6.45, 7) is 0.408. The van der Waals surface area contributed by atoms with E-state index in [1.54, 1.807) is 4.68 Å². The monoisotopic (exact) mass is 222 g/mol. The molecule has 0 saturated heterocycles. The molecule has 2 N–H and O–H groups in total. The summed E-state index contributed by atoms with van der Waals surface area (Å²) in [5.74, 6) is 0. The number of nitrogens with two attached hydrogens (primary N) is 1. The summed E-state index contributed by atoms with van der Waals surface area (Å²) < 4.78 is 1.68. The molecule has 78 valence electrons. The zero-order chi connectivity index (χ0) is 10.8. The van der Waals surface area contributed by atoms with E-state index in [4.69, 9.17) is 17.3 Å². The molecule has 0 aliphatic carbocycles. The molecule has 1 heterocycles. The predicted octanol–water partition coefficient (Wildman–Crippen LogP) is 1.59. The third kappa shape index (κ3) is 1.86. The molecule has 0 amide bonds. The summed E-state index contributed by atoms with van der Waals surface area (Å²) >= 11 is 5.91. The Morgan fingerprint density at radius 2 is 2.27 bits per heavy atom. The van der Waals surface area contributed by atoms with Crippen molar-refractivity contribution in [1.29, 1.82) is 0 Å². The topological polar surface area (TPSA) is 56.7 Å². The highest BCUT2D eigenvalue weighted by atomic mass is 35.5. The van der Waals surface area contributed by atoms with Gasteiger partial charge >= 0.3 is 0 Å². The van der Waals surface area contributed by atoms with Crippen LogP contribution in [0.2, 0.25) is 5.02 Å². The van der Waals surface area contributed by atoms with E-state index in [0.717, 1.165) is 17.0 Å². The van der Waals surface area contributed by atoms with Gasteiger partial charge in [-0.1, -0.05) is 28.9 Å². The van der Waals surface area contributed by atoms with Gasteiger partial charge in [0, 0.05) is 24.2 Å². The van der Waals surface area contributed by atoms with Crippen LogP contribution in [0, 0.1) is 0 Å². The molecule has 0 unspecified atom stereocenters. The highest BCUT2D eigenvalue weighted by Gasteiger charge is 2.10. The van der Waals surface area contributed by atoms with Crippen molar-refractivity contribution < 1.29 is 0 Å². The number of hydrogen-bond acceptors (Lipinski definition) is 3. The molecular weight excluding hydrogens is 212 g/mol. The minimum Gasteiger partial charge on any atom is -0.325 e. The first-order valence-corrected chi connectivity index (χ1v) is 4.94. The molecule has 0 spiro atoms. The molecule has 0 aliphatic rings. The van der Waals surface area contributed by atoms with Crippen molar-refractivity contribution in [1.82, 2.24) is 15.0 Å². The highest BCUT2D eigenvalue weighted by Crippen LogP contribution is 2.23. The molecule has 4 nitrogen and oxygen atoms in total.